The molecule has 0 aromatic carbocycles. The fourth-order valence-corrected chi connectivity index (χ4v) is 2.05. The molecule has 2 fully saturated rings. The van der Waals surface area contributed by atoms with Gasteiger partial charge < -0.3 is 9.47 Å². The molecule has 3 atom stereocenters. The second-order valence-electron chi connectivity index (χ2n) is 4.02. The van der Waals surface area contributed by atoms with Gasteiger partial charge in [-0.1, -0.05) is 6.92 Å². The van der Waals surface area contributed by atoms with Crippen LogP contribution in [0.5, 0.6) is 0 Å². The van der Waals surface area contributed by atoms with E-state index in [1.807, 2.05) is 0 Å². The highest BCUT2D eigenvalue weighted by Gasteiger charge is 2.36. The van der Waals surface area contributed by atoms with Crippen molar-refractivity contribution in [2.24, 2.45) is 11.8 Å². The highest BCUT2D eigenvalue weighted by Crippen LogP contribution is 2.26. The molecule has 0 aliphatic carbocycles. The van der Waals surface area contributed by atoms with Gasteiger partial charge in [-0.25, -0.2) is 0 Å². The molecule has 2 saturated heterocycles. The maximum atomic E-state index is 11.9. The molecule has 2 aliphatic heterocycles. The number of hydrogen-bond acceptors (Lipinski definition) is 3. The van der Waals surface area contributed by atoms with E-state index in [4.69, 9.17) is 9.47 Å². The highest BCUT2D eigenvalue weighted by atomic mass is 16.5. The van der Waals surface area contributed by atoms with Gasteiger partial charge >= 0.3 is 0 Å². The van der Waals surface area contributed by atoms with Gasteiger partial charge in [0.2, 0.25) is 0 Å². The number of carbonyl (C=O) groups is 1. The van der Waals surface area contributed by atoms with Crippen LogP contribution in [0.1, 0.15) is 19.8 Å². The first-order valence-corrected chi connectivity index (χ1v) is 5.02. The van der Waals surface area contributed by atoms with Crippen molar-refractivity contribution in [3.05, 3.63) is 0 Å². The summed E-state index contributed by atoms with van der Waals surface area (Å²) in [5.41, 5.74) is 0. The second kappa shape index (κ2) is 3.76. The Kier molecular flexibility index (Phi) is 2.65. The molecule has 0 aromatic rings. The first kappa shape index (κ1) is 9.16. The molecule has 13 heavy (non-hydrogen) atoms. The maximum absolute atomic E-state index is 11.9. The van der Waals surface area contributed by atoms with Gasteiger partial charge in [0, 0.05) is 19.1 Å². The predicted molar refractivity (Wildman–Crippen MR) is 47.5 cm³/mol. The van der Waals surface area contributed by atoms with Crippen LogP contribution < -0.4 is 0 Å². The molecule has 2 heterocycles. The first-order chi connectivity index (χ1) is 6.29. The lowest BCUT2D eigenvalue weighted by molar-refractivity contribution is -0.133. The van der Waals surface area contributed by atoms with Gasteiger partial charge in [-0.05, 0) is 18.8 Å². The van der Waals surface area contributed by atoms with Crippen molar-refractivity contribution in [2.45, 2.75) is 25.9 Å². The smallest absolute Gasteiger partial charge is 0.167 e. The number of ether oxygens (including phenoxy) is 2. The van der Waals surface area contributed by atoms with Crippen LogP contribution in [0.25, 0.3) is 0 Å². The summed E-state index contributed by atoms with van der Waals surface area (Å²) < 4.78 is 10.6. The molecule has 2 aliphatic rings. The van der Waals surface area contributed by atoms with Crippen molar-refractivity contribution in [1.29, 1.82) is 0 Å². The van der Waals surface area contributed by atoms with Gasteiger partial charge in [0.1, 0.15) is 6.10 Å². The molecule has 0 spiro atoms. The maximum Gasteiger partial charge on any atom is 0.167 e. The van der Waals surface area contributed by atoms with E-state index in [2.05, 4.69) is 6.92 Å². The molecule has 0 aromatic heterocycles. The molecule has 0 bridgehead atoms. The van der Waals surface area contributed by atoms with Crippen LogP contribution in [-0.4, -0.2) is 31.7 Å². The Morgan fingerprint density at radius 2 is 2.15 bits per heavy atom. The van der Waals surface area contributed by atoms with Crippen molar-refractivity contribution in [1.82, 2.24) is 0 Å². The molecule has 74 valence electrons. The Labute approximate surface area is 78.4 Å². The van der Waals surface area contributed by atoms with Gasteiger partial charge in [-0.3, -0.25) is 4.79 Å². The summed E-state index contributed by atoms with van der Waals surface area (Å²) in [5, 5.41) is 0. The Morgan fingerprint density at radius 1 is 1.31 bits per heavy atom. The molecule has 2 rings (SSSR count). The van der Waals surface area contributed by atoms with Gasteiger partial charge in [0.05, 0.1) is 6.61 Å². The van der Waals surface area contributed by atoms with Gasteiger partial charge in [0.25, 0.3) is 0 Å². The minimum Gasteiger partial charge on any atom is -0.381 e. The first-order valence-electron chi connectivity index (χ1n) is 5.02. The lowest BCUT2D eigenvalue weighted by Gasteiger charge is -2.16. The van der Waals surface area contributed by atoms with Crippen molar-refractivity contribution in [3.63, 3.8) is 0 Å². The molecule has 3 heteroatoms. The molecule has 0 radical (unpaired) electrons. The Morgan fingerprint density at radius 3 is 2.69 bits per heavy atom. The standard InChI is InChI=1S/C10H16O3/c1-7-2-5-13-10(7)9(11)8-3-4-12-6-8/h7-8,10H,2-6H2,1H3. The van der Waals surface area contributed by atoms with Crippen LogP contribution in [0.2, 0.25) is 0 Å². The predicted octanol–water partition coefficient (Wildman–Crippen LogP) is 1.02. The van der Waals surface area contributed by atoms with E-state index in [1.54, 1.807) is 0 Å². The second-order valence-corrected chi connectivity index (χ2v) is 4.02. The number of hydrogen-bond donors (Lipinski definition) is 0. The molecule has 0 saturated carbocycles. The number of carbonyl (C=O) groups excluding carboxylic acids is 1. The molecular weight excluding hydrogens is 168 g/mol. The fourth-order valence-electron chi connectivity index (χ4n) is 2.05. The molecule has 3 nitrogen and oxygen atoms in total. The fraction of sp³-hybridized carbons (Fsp3) is 0.900. The van der Waals surface area contributed by atoms with Crippen LogP contribution in [0.15, 0.2) is 0 Å². The number of rotatable bonds is 2. The molecule has 3 unspecified atom stereocenters. The summed E-state index contributed by atoms with van der Waals surface area (Å²) in [6.45, 7) is 4.17. The summed E-state index contributed by atoms with van der Waals surface area (Å²) in [6.07, 6.45) is 1.75. The van der Waals surface area contributed by atoms with E-state index >= 15 is 0 Å². The van der Waals surface area contributed by atoms with Crippen LogP contribution in [0.3, 0.4) is 0 Å². The Bertz CT molecular complexity index is 196. The zero-order chi connectivity index (χ0) is 9.26. The SMILES string of the molecule is CC1CCOC1C(=O)C1CCOC1. The quantitative estimate of drug-likeness (QED) is 0.642. The topological polar surface area (TPSA) is 35.5 Å². The number of Topliss-reactive ketones (excluding diaryl/α,β-unsaturated/α-hetero) is 1. The van der Waals surface area contributed by atoms with E-state index in [0.717, 1.165) is 26.1 Å². The summed E-state index contributed by atoms with van der Waals surface area (Å²) >= 11 is 0. The van der Waals surface area contributed by atoms with Crippen LogP contribution in [0, 0.1) is 11.8 Å². The van der Waals surface area contributed by atoms with Crippen LogP contribution in [0.4, 0.5) is 0 Å². The summed E-state index contributed by atoms with van der Waals surface area (Å²) in [4.78, 5) is 11.9. The van der Waals surface area contributed by atoms with E-state index in [0.29, 0.717) is 12.5 Å². The van der Waals surface area contributed by atoms with Crippen molar-refractivity contribution in [3.8, 4) is 0 Å². The van der Waals surface area contributed by atoms with Gasteiger partial charge in [0.15, 0.2) is 5.78 Å². The van der Waals surface area contributed by atoms with Crippen LogP contribution in [-0.2, 0) is 14.3 Å². The highest BCUT2D eigenvalue weighted by molar-refractivity contribution is 5.86. The molecule has 0 N–H and O–H groups in total. The van der Waals surface area contributed by atoms with Crippen molar-refractivity contribution in [2.75, 3.05) is 19.8 Å². The Balaban J connectivity index is 1.95. The average molecular weight is 184 g/mol. The third-order valence-electron chi connectivity index (χ3n) is 3.00. The summed E-state index contributed by atoms with van der Waals surface area (Å²) in [5.74, 6) is 0.765. The van der Waals surface area contributed by atoms with Gasteiger partial charge in [-0.15, -0.1) is 0 Å². The summed E-state index contributed by atoms with van der Waals surface area (Å²) in [7, 11) is 0. The average Bonchev–Trinajstić information content (AvgIpc) is 2.72. The largest absolute Gasteiger partial charge is 0.381 e. The van der Waals surface area contributed by atoms with Crippen LogP contribution >= 0.6 is 0 Å². The molecule has 0 amide bonds. The van der Waals surface area contributed by atoms with E-state index < -0.39 is 0 Å². The summed E-state index contributed by atoms with van der Waals surface area (Å²) in [6, 6.07) is 0. The monoisotopic (exact) mass is 184 g/mol. The minimum atomic E-state index is -0.147. The van der Waals surface area contributed by atoms with Crippen molar-refractivity contribution < 1.29 is 14.3 Å². The lowest BCUT2D eigenvalue weighted by atomic mass is 9.92. The molecular formula is C10H16O3. The van der Waals surface area contributed by atoms with Gasteiger partial charge in [-0.2, -0.15) is 0 Å². The number of ketones is 1. The minimum absolute atomic E-state index is 0.102. The lowest BCUT2D eigenvalue weighted by Crippen LogP contribution is -2.31. The third kappa shape index (κ3) is 1.76. The van der Waals surface area contributed by atoms with Crippen molar-refractivity contribution >= 4 is 5.78 Å². The van der Waals surface area contributed by atoms with E-state index in [-0.39, 0.29) is 17.8 Å². The van der Waals surface area contributed by atoms with E-state index in [9.17, 15) is 4.79 Å². The normalized spacial score (nSPS) is 39.6. The zero-order valence-corrected chi connectivity index (χ0v) is 7.99. The Hall–Kier alpha value is -0.410. The van der Waals surface area contributed by atoms with E-state index in [1.165, 1.54) is 0 Å². The zero-order valence-electron chi connectivity index (χ0n) is 7.99. The third-order valence-corrected chi connectivity index (χ3v) is 3.00.